The van der Waals surface area contributed by atoms with E-state index in [-0.39, 0.29) is 0 Å². The van der Waals surface area contributed by atoms with Crippen molar-refractivity contribution in [1.29, 1.82) is 0 Å². The normalized spacial score (nSPS) is 10.3. The molecule has 0 radical (unpaired) electrons. The first-order valence-corrected chi connectivity index (χ1v) is 4.18. The fraction of sp³-hybridized carbons (Fsp3) is 0.182. The molecule has 0 saturated carbocycles. The van der Waals surface area contributed by atoms with Crippen LogP contribution in [0.25, 0.3) is 0 Å². The second kappa shape index (κ2) is 4.45. The Morgan fingerprint density at radius 2 is 2.23 bits per heavy atom. The molecule has 13 heavy (non-hydrogen) atoms. The lowest BCUT2D eigenvalue weighted by Gasteiger charge is -2.05. The molecule has 0 atom stereocenters. The summed E-state index contributed by atoms with van der Waals surface area (Å²) in [7, 11) is 1.76. The van der Waals surface area contributed by atoms with Crippen molar-refractivity contribution in [2.45, 2.75) is 6.92 Å². The first-order chi connectivity index (χ1) is 6.27. The quantitative estimate of drug-likeness (QED) is 0.700. The van der Waals surface area contributed by atoms with E-state index in [1.165, 1.54) is 5.56 Å². The summed E-state index contributed by atoms with van der Waals surface area (Å²) in [6.07, 6.45) is 3.49. The van der Waals surface area contributed by atoms with Gasteiger partial charge in [0, 0.05) is 24.5 Å². The third kappa shape index (κ3) is 2.44. The van der Waals surface area contributed by atoms with Crippen molar-refractivity contribution in [3.8, 4) is 0 Å². The minimum atomic E-state index is 1.04. The van der Waals surface area contributed by atoms with E-state index in [1.54, 1.807) is 13.2 Å². The van der Waals surface area contributed by atoms with Crippen molar-refractivity contribution >= 4 is 11.9 Å². The van der Waals surface area contributed by atoms with Gasteiger partial charge in [-0.05, 0) is 24.8 Å². The molecule has 2 nitrogen and oxygen atoms in total. The van der Waals surface area contributed by atoms with Gasteiger partial charge in [-0.3, -0.25) is 4.99 Å². The molecule has 0 aromatic heterocycles. The second-order valence-electron chi connectivity index (χ2n) is 2.83. The number of aliphatic imine (C=N–C) groups is 1. The molecule has 0 aliphatic heterocycles. The maximum absolute atomic E-state index is 3.98. The van der Waals surface area contributed by atoms with Crippen molar-refractivity contribution in [2.24, 2.45) is 4.99 Å². The Balaban J connectivity index is 3.09. The zero-order chi connectivity index (χ0) is 9.68. The van der Waals surface area contributed by atoms with Crippen LogP contribution in [0.1, 0.15) is 11.1 Å². The highest BCUT2D eigenvalue weighted by molar-refractivity contribution is 5.88. The van der Waals surface area contributed by atoms with Gasteiger partial charge in [0.15, 0.2) is 0 Å². The first kappa shape index (κ1) is 9.52. The zero-order valence-corrected chi connectivity index (χ0v) is 8.04. The molecule has 1 aromatic carbocycles. The van der Waals surface area contributed by atoms with Gasteiger partial charge in [0.05, 0.1) is 0 Å². The van der Waals surface area contributed by atoms with Crippen molar-refractivity contribution in [3.63, 3.8) is 0 Å². The van der Waals surface area contributed by atoms with Crippen LogP contribution in [0.3, 0.4) is 0 Å². The van der Waals surface area contributed by atoms with Crippen LogP contribution >= 0.6 is 0 Å². The van der Waals surface area contributed by atoms with Crippen molar-refractivity contribution < 1.29 is 0 Å². The Bertz CT molecular complexity index is 327. The van der Waals surface area contributed by atoms with E-state index in [0.717, 1.165) is 11.3 Å². The number of nitrogens with one attached hydrogen (secondary N) is 1. The highest BCUT2D eigenvalue weighted by atomic mass is 14.8. The number of anilines is 1. The zero-order valence-electron chi connectivity index (χ0n) is 8.04. The Morgan fingerprint density at radius 3 is 2.85 bits per heavy atom. The molecule has 0 heterocycles. The number of aryl methyl sites for hydroxylation is 1. The van der Waals surface area contributed by atoms with Crippen LogP contribution in [0.5, 0.6) is 0 Å². The SMILES string of the molecule is C=CNc1cc(C)ccc1/C=N\C. The molecule has 0 spiro atoms. The summed E-state index contributed by atoms with van der Waals surface area (Å²) in [4.78, 5) is 3.98. The van der Waals surface area contributed by atoms with Gasteiger partial charge in [0.1, 0.15) is 0 Å². The molecule has 0 amide bonds. The van der Waals surface area contributed by atoms with Crippen LogP contribution in [0.15, 0.2) is 36.0 Å². The van der Waals surface area contributed by atoms with Crippen molar-refractivity contribution in [1.82, 2.24) is 0 Å². The van der Waals surface area contributed by atoms with Gasteiger partial charge in [0.2, 0.25) is 0 Å². The molecule has 1 rings (SSSR count). The molecule has 0 fully saturated rings. The largest absolute Gasteiger partial charge is 0.362 e. The molecular weight excluding hydrogens is 160 g/mol. The summed E-state index contributed by atoms with van der Waals surface area (Å²) in [5, 5.41) is 3.07. The van der Waals surface area contributed by atoms with E-state index in [4.69, 9.17) is 0 Å². The fourth-order valence-corrected chi connectivity index (χ4v) is 1.16. The lowest BCUT2D eigenvalue weighted by molar-refractivity contribution is 1.42. The molecule has 0 unspecified atom stereocenters. The highest BCUT2D eigenvalue weighted by Gasteiger charge is 1.97. The number of hydrogen-bond acceptors (Lipinski definition) is 2. The first-order valence-electron chi connectivity index (χ1n) is 4.18. The van der Waals surface area contributed by atoms with E-state index in [9.17, 15) is 0 Å². The van der Waals surface area contributed by atoms with Crippen LogP contribution in [0.2, 0.25) is 0 Å². The number of benzene rings is 1. The molecule has 0 aliphatic carbocycles. The van der Waals surface area contributed by atoms with Gasteiger partial charge in [-0.1, -0.05) is 18.7 Å². The summed E-state index contributed by atoms with van der Waals surface area (Å²) in [6.45, 7) is 5.69. The topological polar surface area (TPSA) is 24.4 Å². The molecular formula is C11H14N2. The monoisotopic (exact) mass is 174 g/mol. The summed E-state index contributed by atoms with van der Waals surface area (Å²) in [5.41, 5.74) is 3.34. The number of nitrogens with zero attached hydrogens (tertiary/aromatic N) is 1. The van der Waals surface area contributed by atoms with Gasteiger partial charge < -0.3 is 5.32 Å². The standard InChI is InChI=1S/C11H14N2/c1-4-13-11-7-9(2)5-6-10(11)8-12-3/h4-8,13H,1H2,2-3H3/b12-8-. The van der Waals surface area contributed by atoms with E-state index < -0.39 is 0 Å². The molecule has 0 saturated heterocycles. The van der Waals surface area contributed by atoms with E-state index in [1.807, 2.05) is 12.3 Å². The second-order valence-corrected chi connectivity index (χ2v) is 2.83. The maximum Gasteiger partial charge on any atom is 0.0471 e. The van der Waals surface area contributed by atoms with Gasteiger partial charge in [0.25, 0.3) is 0 Å². The average Bonchev–Trinajstić information content (AvgIpc) is 2.10. The molecule has 0 bridgehead atoms. The third-order valence-electron chi connectivity index (χ3n) is 1.73. The maximum atomic E-state index is 3.98. The van der Waals surface area contributed by atoms with E-state index in [0.29, 0.717) is 0 Å². The molecule has 2 heteroatoms. The van der Waals surface area contributed by atoms with Crippen LogP contribution in [-0.2, 0) is 0 Å². The minimum Gasteiger partial charge on any atom is -0.362 e. The van der Waals surface area contributed by atoms with Gasteiger partial charge in [-0.25, -0.2) is 0 Å². The Morgan fingerprint density at radius 1 is 1.46 bits per heavy atom. The Kier molecular flexibility index (Phi) is 3.26. The Hall–Kier alpha value is -1.57. The van der Waals surface area contributed by atoms with Crippen LogP contribution in [0.4, 0.5) is 5.69 Å². The summed E-state index contributed by atoms with van der Waals surface area (Å²) < 4.78 is 0. The Labute approximate surface area is 79.0 Å². The molecule has 0 aliphatic rings. The third-order valence-corrected chi connectivity index (χ3v) is 1.73. The molecule has 68 valence electrons. The highest BCUT2D eigenvalue weighted by Crippen LogP contribution is 2.15. The van der Waals surface area contributed by atoms with E-state index in [2.05, 4.69) is 35.9 Å². The van der Waals surface area contributed by atoms with Gasteiger partial charge in [-0.15, -0.1) is 0 Å². The minimum absolute atomic E-state index is 1.04. The van der Waals surface area contributed by atoms with E-state index >= 15 is 0 Å². The lowest BCUT2D eigenvalue weighted by atomic mass is 10.1. The van der Waals surface area contributed by atoms with Crippen molar-refractivity contribution in [2.75, 3.05) is 12.4 Å². The predicted octanol–water partition coefficient (Wildman–Crippen LogP) is 2.60. The number of rotatable bonds is 3. The average molecular weight is 174 g/mol. The van der Waals surface area contributed by atoms with Crippen LogP contribution < -0.4 is 5.32 Å². The van der Waals surface area contributed by atoms with Gasteiger partial charge >= 0.3 is 0 Å². The van der Waals surface area contributed by atoms with Crippen molar-refractivity contribution in [3.05, 3.63) is 42.1 Å². The predicted molar refractivity (Wildman–Crippen MR) is 58.5 cm³/mol. The summed E-state index contributed by atoms with van der Waals surface area (Å²) in [6, 6.07) is 6.16. The molecule has 1 N–H and O–H groups in total. The summed E-state index contributed by atoms with van der Waals surface area (Å²) >= 11 is 0. The number of hydrogen-bond donors (Lipinski definition) is 1. The van der Waals surface area contributed by atoms with Crippen LogP contribution in [-0.4, -0.2) is 13.3 Å². The summed E-state index contributed by atoms with van der Waals surface area (Å²) in [5.74, 6) is 0. The van der Waals surface area contributed by atoms with Gasteiger partial charge in [-0.2, -0.15) is 0 Å². The van der Waals surface area contributed by atoms with Crippen LogP contribution in [0, 0.1) is 6.92 Å². The fourth-order valence-electron chi connectivity index (χ4n) is 1.16. The smallest absolute Gasteiger partial charge is 0.0471 e. The lowest BCUT2D eigenvalue weighted by Crippen LogP contribution is -1.93. The molecule has 1 aromatic rings.